The maximum absolute atomic E-state index is 12.1. The van der Waals surface area contributed by atoms with Gasteiger partial charge >= 0.3 is 0 Å². The molecular weight excluding hydrogens is 322 g/mol. The minimum Gasteiger partial charge on any atom is -0.401 e. The molecule has 1 amide bonds. The van der Waals surface area contributed by atoms with Gasteiger partial charge < -0.3 is 20.8 Å². The first-order chi connectivity index (χ1) is 12.0. The number of hydrazine groups is 1. The molecule has 25 heavy (non-hydrogen) atoms. The van der Waals surface area contributed by atoms with Crippen LogP contribution in [0.15, 0.2) is 18.1 Å². The maximum Gasteiger partial charge on any atom is 0.273 e. The third kappa shape index (κ3) is 7.10. The van der Waals surface area contributed by atoms with E-state index in [9.17, 15) is 4.79 Å². The van der Waals surface area contributed by atoms with Crippen molar-refractivity contribution >= 4 is 5.91 Å². The summed E-state index contributed by atoms with van der Waals surface area (Å²) in [6.07, 6.45) is 7.30. The Morgan fingerprint density at radius 3 is 3.12 bits per heavy atom. The van der Waals surface area contributed by atoms with Gasteiger partial charge in [0.05, 0.1) is 12.8 Å². The number of rotatable bonds is 9. The van der Waals surface area contributed by atoms with E-state index in [1.165, 1.54) is 0 Å². The number of amides is 1. The molecular formula is C16H29N7O2. The second-order valence-corrected chi connectivity index (χ2v) is 6.48. The zero-order valence-corrected chi connectivity index (χ0v) is 14.9. The molecule has 0 spiro atoms. The number of hydrogen-bond acceptors (Lipinski definition) is 7. The molecule has 0 bridgehead atoms. The lowest BCUT2D eigenvalue weighted by atomic mass is 10.0. The Labute approximate surface area is 148 Å². The molecule has 0 saturated carbocycles. The van der Waals surface area contributed by atoms with Crippen LogP contribution in [0, 0.1) is 5.92 Å². The van der Waals surface area contributed by atoms with Crippen LogP contribution in [-0.4, -0.2) is 52.2 Å². The van der Waals surface area contributed by atoms with Crippen molar-refractivity contribution in [1.82, 2.24) is 25.3 Å². The van der Waals surface area contributed by atoms with E-state index in [0.29, 0.717) is 43.6 Å². The molecule has 1 unspecified atom stereocenters. The fourth-order valence-electron chi connectivity index (χ4n) is 2.70. The molecule has 5 N–H and O–H groups in total. The zero-order chi connectivity index (χ0) is 18.1. The Hall–Kier alpha value is -2.13. The molecule has 0 aromatic carbocycles. The van der Waals surface area contributed by atoms with Crippen molar-refractivity contribution in [1.29, 1.82) is 0 Å². The van der Waals surface area contributed by atoms with Gasteiger partial charge in [-0.2, -0.15) is 0 Å². The first-order valence-electron chi connectivity index (χ1n) is 8.76. The number of ether oxygens (including phenoxy) is 1. The highest BCUT2D eigenvalue weighted by Crippen LogP contribution is 2.12. The highest BCUT2D eigenvalue weighted by atomic mass is 16.5. The Morgan fingerprint density at radius 1 is 1.56 bits per heavy atom. The number of nitrogens with zero attached hydrogens (tertiary/aromatic N) is 4. The van der Waals surface area contributed by atoms with Gasteiger partial charge in [0.1, 0.15) is 0 Å². The molecule has 0 radical (unpaired) electrons. The van der Waals surface area contributed by atoms with E-state index < -0.39 is 0 Å². The molecule has 1 aliphatic rings. The summed E-state index contributed by atoms with van der Waals surface area (Å²) in [6.45, 7) is 5.35. The number of unbranched alkanes of at least 4 members (excludes halogenated alkanes) is 1. The lowest BCUT2D eigenvalue weighted by molar-refractivity contribution is 0.0535. The van der Waals surface area contributed by atoms with Gasteiger partial charge in [-0.25, -0.2) is 5.84 Å². The summed E-state index contributed by atoms with van der Waals surface area (Å²) in [7, 11) is 0. The number of nitrogens with two attached hydrogens (primary N) is 2. The third-order valence-corrected chi connectivity index (χ3v) is 4.00. The lowest BCUT2D eigenvalue weighted by Crippen LogP contribution is -2.33. The lowest BCUT2D eigenvalue weighted by Gasteiger charge is -2.21. The van der Waals surface area contributed by atoms with Gasteiger partial charge in [-0.3, -0.25) is 9.48 Å². The van der Waals surface area contributed by atoms with E-state index in [1.54, 1.807) is 29.0 Å². The van der Waals surface area contributed by atoms with Crippen LogP contribution < -0.4 is 16.9 Å². The van der Waals surface area contributed by atoms with Crippen molar-refractivity contribution in [3.05, 3.63) is 23.8 Å². The molecule has 1 aromatic heterocycles. The second kappa shape index (κ2) is 10.00. The molecule has 9 nitrogen and oxygen atoms in total. The summed E-state index contributed by atoms with van der Waals surface area (Å²) in [5, 5.41) is 12.4. The van der Waals surface area contributed by atoms with Crippen LogP contribution in [0.4, 0.5) is 0 Å². The predicted molar refractivity (Wildman–Crippen MR) is 94.0 cm³/mol. The van der Waals surface area contributed by atoms with Crippen LogP contribution >= 0.6 is 0 Å². The molecule has 9 heteroatoms. The average Bonchev–Trinajstić information content (AvgIpc) is 3.06. The molecule has 1 aromatic rings. The summed E-state index contributed by atoms with van der Waals surface area (Å²) >= 11 is 0. The molecule has 1 fully saturated rings. The van der Waals surface area contributed by atoms with E-state index in [4.69, 9.17) is 16.3 Å². The maximum atomic E-state index is 12.1. The summed E-state index contributed by atoms with van der Waals surface area (Å²) in [5.74, 6) is 5.97. The second-order valence-electron chi connectivity index (χ2n) is 6.48. The minimum absolute atomic E-state index is 0.187. The standard InChI is InChI=1S/C16H29N7O2/c1-13(17)10-22(18)6-2-3-7-23-11-15(20-21-23)16(24)19-9-14-5-4-8-25-12-14/h10-11,14H,2-9,12,17-18H2,1H3,(H,19,24)/b13-10-. The largest absolute Gasteiger partial charge is 0.401 e. The van der Waals surface area contributed by atoms with Gasteiger partial charge in [-0.1, -0.05) is 5.21 Å². The summed E-state index contributed by atoms with van der Waals surface area (Å²) in [6, 6.07) is 0. The quantitative estimate of drug-likeness (QED) is 0.330. The van der Waals surface area contributed by atoms with Crippen molar-refractivity contribution in [3.63, 3.8) is 0 Å². The molecule has 0 aliphatic carbocycles. The van der Waals surface area contributed by atoms with Crippen LogP contribution in [0.5, 0.6) is 0 Å². The van der Waals surface area contributed by atoms with E-state index in [2.05, 4.69) is 15.6 Å². The van der Waals surface area contributed by atoms with Crippen LogP contribution in [0.3, 0.4) is 0 Å². The smallest absolute Gasteiger partial charge is 0.273 e. The average molecular weight is 351 g/mol. The van der Waals surface area contributed by atoms with Crippen LogP contribution in [0.1, 0.15) is 43.1 Å². The molecule has 2 rings (SSSR count). The number of carbonyl (C=O) groups is 1. The number of aryl methyl sites for hydroxylation is 1. The van der Waals surface area contributed by atoms with Gasteiger partial charge in [-0.05, 0) is 38.5 Å². The Kier molecular flexibility index (Phi) is 7.68. The van der Waals surface area contributed by atoms with E-state index in [0.717, 1.165) is 32.3 Å². The van der Waals surface area contributed by atoms with Crippen molar-refractivity contribution in [2.75, 3.05) is 26.3 Å². The van der Waals surface area contributed by atoms with Crippen LogP contribution in [0.25, 0.3) is 0 Å². The van der Waals surface area contributed by atoms with Gasteiger partial charge in [0.15, 0.2) is 5.69 Å². The van der Waals surface area contributed by atoms with Crippen LogP contribution in [0.2, 0.25) is 0 Å². The fraction of sp³-hybridized carbons (Fsp3) is 0.688. The van der Waals surface area contributed by atoms with Crippen molar-refractivity contribution < 1.29 is 9.53 Å². The predicted octanol–water partition coefficient (Wildman–Crippen LogP) is 0.210. The Morgan fingerprint density at radius 2 is 2.40 bits per heavy atom. The van der Waals surface area contributed by atoms with E-state index in [1.807, 2.05) is 0 Å². The van der Waals surface area contributed by atoms with Crippen molar-refractivity contribution in [2.45, 2.75) is 39.2 Å². The van der Waals surface area contributed by atoms with Crippen molar-refractivity contribution in [2.24, 2.45) is 17.5 Å². The first-order valence-corrected chi connectivity index (χ1v) is 8.76. The van der Waals surface area contributed by atoms with Gasteiger partial charge in [-0.15, -0.1) is 5.10 Å². The van der Waals surface area contributed by atoms with Gasteiger partial charge in [0.25, 0.3) is 5.91 Å². The number of carbonyl (C=O) groups excluding carboxylic acids is 1. The molecule has 1 atom stereocenters. The van der Waals surface area contributed by atoms with Gasteiger partial charge in [0.2, 0.25) is 0 Å². The summed E-state index contributed by atoms with van der Waals surface area (Å²) in [5.41, 5.74) is 6.59. The molecule has 1 aliphatic heterocycles. The van der Waals surface area contributed by atoms with Gasteiger partial charge in [0, 0.05) is 38.1 Å². The summed E-state index contributed by atoms with van der Waals surface area (Å²) in [4.78, 5) is 12.1. The fourth-order valence-corrected chi connectivity index (χ4v) is 2.70. The third-order valence-electron chi connectivity index (χ3n) is 4.00. The minimum atomic E-state index is -0.187. The molecule has 1 saturated heterocycles. The monoisotopic (exact) mass is 351 g/mol. The van der Waals surface area contributed by atoms with Crippen molar-refractivity contribution in [3.8, 4) is 0 Å². The first kappa shape index (κ1) is 19.2. The van der Waals surface area contributed by atoms with E-state index in [-0.39, 0.29) is 5.91 Å². The van der Waals surface area contributed by atoms with Crippen LogP contribution in [-0.2, 0) is 11.3 Å². The number of hydrogen-bond donors (Lipinski definition) is 3. The topological polar surface area (TPSA) is 124 Å². The number of allylic oxidation sites excluding steroid dienone is 1. The molecule has 2 heterocycles. The normalized spacial score (nSPS) is 18.2. The Balaban J connectivity index is 1.66. The zero-order valence-electron chi connectivity index (χ0n) is 14.9. The highest BCUT2D eigenvalue weighted by molar-refractivity contribution is 5.91. The SMILES string of the molecule is C/C(N)=C/N(N)CCCCn1cc(C(=O)NCC2CCCOC2)nn1. The Bertz CT molecular complexity index is 563. The number of nitrogens with one attached hydrogen (secondary N) is 1. The number of aromatic nitrogens is 3. The summed E-state index contributed by atoms with van der Waals surface area (Å²) < 4.78 is 7.09. The highest BCUT2D eigenvalue weighted by Gasteiger charge is 2.16. The molecule has 140 valence electrons. The van der Waals surface area contributed by atoms with E-state index >= 15 is 0 Å².